The topological polar surface area (TPSA) is 51.8 Å². The first kappa shape index (κ1) is 28.6. The third kappa shape index (κ3) is 4.79. The molecule has 0 radical (unpaired) electrons. The third-order valence-electron chi connectivity index (χ3n) is 9.35. The van der Waals surface area contributed by atoms with Crippen molar-refractivity contribution in [3.63, 3.8) is 0 Å². The van der Waals surface area contributed by atoms with Gasteiger partial charge in [0.1, 0.15) is 11.2 Å². The van der Waals surface area contributed by atoms with Crippen LogP contribution in [0.1, 0.15) is 0 Å². The molecule has 0 amide bonds. The van der Waals surface area contributed by atoms with Crippen molar-refractivity contribution in [2.24, 2.45) is 0 Å². The minimum atomic E-state index is 0.595. The van der Waals surface area contributed by atoms with Crippen LogP contribution >= 0.6 is 11.3 Å². The molecule has 0 saturated heterocycles. The quantitative estimate of drug-likeness (QED) is 0.185. The smallest absolute Gasteiger partial charge is 0.164 e. The molecule has 0 aliphatic carbocycles. The fourth-order valence-electron chi connectivity index (χ4n) is 7.01. The zero-order chi connectivity index (χ0) is 33.0. The maximum atomic E-state index is 6.50. The summed E-state index contributed by atoms with van der Waals surface area (Å²) in [5, 5.41) is 4.53. The molecule has 0 spiro atoms. The number of rotatable bonds is 5. The Morgan fingerprint density at radius 3 is 1.82 bits per heavy atom. The van der Waals surface area contributed by atoms with Gasteiger partial charge < -0.3 is 4.42 Å². The van der Waals surface area contributed by atoms with E-state index in [1.165, 1.54) is 14.8 Å². The number of hydrogen-bond acceptors (Lipinski definition) is 5. The van der Waals surface area contributed by atoms with Gasteiger partial charge >= 0.3 is 0 Å². The average Bonchev–Trinajstić information content (AvgIpc) is 3.77. The summed E-state index contributed by atoms with van der Waals surface area (Å²) in [5.74, 6) is 1.85. The Balaban J connectivity index is 1.19. The van der Waals surface area contributed by atoms with Crippen LogP contribution in [0, 0.1) is 0 Å². The molecule has 50 heavy (non-hydrogen) atoms. The normalized spacial score (nSPS) is 11.6. The second-order valence-corrected chi connectivity index (χ2v) is 13.5. The first-order valence-corrected chi connectivity index (χ1v) is 17.4. The summed E-state index contributed by atoms with van der Waals surface area (Å²) in [4.78, 5) is 15.5. The second kappa shape index (κ2) is 11.6. The molecule has 0 unspecified atom stereocenters. The number of hydrogen-bond donors (Lipinski definition) is 0. The van der Waals surface area contributed by atoms with Crippen molar-refractivity contribution in [2.45, 2.75) is 0 Å². The summed E-state index contributed by atoms with van der Waals surface area (Å²) >= 11 is 1.79. The monoisotopic (exact) mass is 657 g/mol. The molecule has 4 nitrogen and oxygen atoms in total. The summed E-state index contributed by atoms with van der Waals surface area (Å²) in [6.07, 6.45) is 0. The minimum Gasteiger partial charge on any atom is -0.456 e. The molecular weight excluding hydrogens is 631 g/mol. The van der Waals surface area contributed by atoms with Crippen molar-refractivity contribution in [3.8, 4) is 56.4 Å². The summed E-state index contributed by atoms with van der Waals surface area (Å²) in [7, 11) is 0. The van der Waals surface area contributed by atoms with E-state index in [4.69, 9.17) is 19.4 Å². The molecule has 5 heteroatoms. The van der Waals surface area contributed by atoms with Crippen molar-refractivity contribution in [1.29, 1.82) is 0 Å². The Bertz CT molecular complexity index is 2870. The van der Waals surface area contributed by atoms with Gasteiger partial charge in [-0.15, -0.1) is 11.3 Å². The van der Waals surface area contributed by atoms with Crippen molar-refractivity contribution in [3.05, 3.63) is 164 Å². The first-order chi connectivity index (χ1) is 24.8. The van der Waals surface area contributed by atoms with Gasteiger partial charge in [-0.25, -0.2) is 15.0 Å². The maximum absolute atomic E-state index is 6.50. The summed E-state index contributed by atoms with van der Waals surface area (Å²) in [6.45, 7) is 0. The Kier molecular flexibility index (Phi) is 6.64. The van der Waals surface area contributed by atoms with Crippen molar-refractivity contribution in [1.82, 2.24) is 15.0 Å². The van der Waals surface area contributed by atoms with Crippen LogP contribution < -0.4 is 0 Å². The van der Waals surface area contributed by atoms with Gasteiger partial charge in [0.05, 0.1) is 0 Å². The van der Waals surface area contributed by atoms with E-state index >= 15 is 0 Å². The molecule has 3 aromatic heterocycles. The molecule has 0 N–H and O–H groups in total. The van der Waals surface area contributed by atoms with E-state index in [2.05, 4.69) is 146 Å². The van der Waals surface area contributed by atoms with E-state index in [-0.39, 0.29) is 0 Å². The molecule has 0 fully saturated rings. The average molecular weight is 658 g/mol. The predicted molar refractivity (Wildman–Crippen MR) is 207 cm³/mol. The van der Waals surface area contributed by atoms with Gasteiger partial charge in [-0.05, 0) is 58.7 Å². The van der Waals surface area contributed by atoms with Gasteiger partial charge in [-0.2, -0.15) is 0 Å². The van der Waals surface area contributed by atoms with E-state index in [1.54, 1.807) is 11.3 Å². The molecule has 3 heterocycles. The van der Waals surface area contributed by atoms with E-state index in [9.17, 15) is 0 Å². The highest BCUT2D eigenvalue weighted by atomic mass is 32.1. The van der Waals surface area contributed by atoms with Crippen LogP contribution in [-0.4, -0.2) is 15.0 Å². The van der Waals surface area contributed by atoms with Crippen LogP contribution in [-0.2, 0) is 0 Å². The highest BCUT2D eigenvalue weighted by Gasteiger charge is 2.19. The lowest BCUT2D eigenvalue weighted by molar-refractivity contribution is 0.669. The van der Waals surface area contributed by atoms with Gasteiger partial charge in [-0.3, -0.25) is 0 Å². The highest BCUT2D eigenvalue weighted by molar-refractivity contribution is 7.25. The lowest BCUT2D eigenvalue weighted by Gasteiger charge is -2.11. The Hall–Kier alpha value is -6.43. The lowest BCUT2D eigenvalue weighted by Crippen LogP contribution is -2.00. The van der Waals surface area contributed by atoms with Crippen molar-refractivity contribution < 1.29 is 4.42 Å². The lowest BCUT2D eigenvalue weighted by atomic mass is 9.99. The number of nitrogens with zero attached hydrogens (tertiary/aromatic N) is 3. The van der Waals surface area contributed by atoms with Crippen LogP contribution in [0.4, 0.5) is 0 Å². The molecule has 0 atom stereocenters. The van der Waals surface area contributed by atoms with E-state index in [1.807, 2.05) is 18.2 Å². The standard InChI is InChI=1S/C45H27N3OS/c1-3-12-28(13-4-1)30-16-9-17-31(26-30)43-46-44(48-45(47-43)36-20-11-23-40-42(36)35-18-7-8-22-39(35)50-40)32-24-25-34-38(27-32)49-37-21-10-19-33(41(34)37)29-14-5-2-6-15-29/h1-27H. The molecule has 0 aliphatic heterocycles. The molecular formula is C45H27N3OS. The zero-order valence-corrected chi connectivity index (χ0v) is 27.6. The molecule has 234 valence electrons. The number of aromatic nitrogens is 3. The zero-order valence-electron chi connectivity index (χ0n) is 26.7. The van der Waals surface area contributed by atoms with Gasteiger partial charge in [0, 0.05) is 47.6 Å². The Morgan fingerprint density at radius 2 is 0.980 bits per heavy atom. The number of fused-ring (bicyclic) bond motifs is 6. The van der Waals surface area contributed by atoms with E-state index < -0.39 is 0 Å². The molecule has 7 aromatic carbocycles. The summed E-state index contributed by atoms with van der Waals surface area (Å²) < 4.78 is 8.94. The number of furan rings is 1. The molecule has 0 bridgehead atoms. The van der Waals surface area contributed by atoms with Crippen molar-refractivity contribution in [2.75, 3.05) is 0 Å². The van der Waals surface area contributed by atoms with Gasteiger partial charge in [0.25, 0.3) is 0 Å². The van der Waals surface area contributed by atoms with Crippen LogP contribution in [0.5, 0.6) is 0 Å². The van der Waals surface area contributed by atoms with E-state index in [0.29, 0.717) is 17.5 Å². The Labute approximate surface area is 292 Å². The SMILES string of the molecule is c1ccc(-c2cccc(-c3nc(-c4ccc5c(c4)oc4cccc(-c6ccccc6)c45)nc(-c4cccc5sc6ccccc6c45)n3)c2)cc1. The minimum absolute atomic E-state index is 0.595. The number of thiophene rings is 1. The van der Waals surface area contributed by atoms with Crippen LogP contribution in [0.15, 0.2) is 168 Å². The molecule has 10 rings (SSSR count). The van der Waals surface area contributed by atoms with Crippen LogP contribution in [0.2, 0.25) is 0 Å². The predicted octanol–water partition coefficient (Wildman–Crippen LogP) is 12.5. The van der Waals surface area contributed by atoms with E-state index in [0.717, 1.165) is 66.3 Å². The summed E-state index contributed by atoms with van der Waals surface area (Å²) in [6, 6.07) is 56.8. The number of benzene rings is 7. The van der Waals surface area contributed by atoms with Gasteiger partial charge in [0.15, 0.2) is 17.5 Å². The molecule has 10 aromatic rings. The molecule has 0 saturated carbocycles. The second-order valence-electron chi connectivity index (χ2n) is 12.4. The van der Waals surface area contributed by atoms with Gasteiger partial charge in [-0.1, -0.05) is 127 Å². The third-order valence-corrected chi connectivity index (χ3v) is 10.5. The molecule has 0 aliphatic rings. The Morgan fingerprint density at radius 1 is 0.360 bits per heavy atom. The first-order valence-electron chi connectivity index (χ1n) is 16.6. The van der Waals surface area contributed by atoms with Gasteiger partial charge in [0.2, 0.25) is 0 Å². The largest absolute Gasteiger partial charge is 0.456 e. The van der Waals surface area contributed by atoms with Crippen LogP contribution in [0.25, 0.3) is 98.5 Å². The highest BCUT2D eigenvalue weighted by Crippen LogP contribution is 2.41. The van der Waals surface area contributed by atoms with Crippen LogP contribution in [0.3, 0.4) is 0 Å². The maximum Gasteiger partial charge on any atom is 0.164 e. The van der Waals surface area contributed by atoms with Crippen molar-refractivity contribution >= 4 is 53.4 Å². The summed E-state index contributed by atoms with van der Waals surface area (Å²) in [5.41, 5.74) is 8.98. The fraction of sp³-hybridized carbons (Fsp3) is 0. The fourth-order valence-corrected chi connectivity index (χ4v) is 8.14.